The number of rotatable bonds is 4. The van der Waals surface area contributed by atoms with Crippen LogP contribution in [0, 0.1) is 5.41 Å². The van der Waals surface area contributed by atoms with E-state index in [0.29, 0.717) is 25.1 Å². The van der Waals surface area contributed by atoms with Gasteiger partial charge in [-0.15, -0.1) is 0 Å². The van der Waals surface area contributed by atoms with Crippen molar-refractivity contribution in [1.29, 1.82) is 0 Å². The average molecular weight is 320 g/mol. The molecule has 7 heteroatoms. The predicted octanol–water partition coefficient (Wildman–Crippen LogP) is 3.46. The molecule has 0 radical (unpaired) electrons. The maximum atomic E-state index is 12.9. The average Bonchev–Trinajstić information content (AvgIpc) is 2.94. The molecule has 0 unspecified atom stereocenters. The monoisotopic (exact) mass is 320 g/mol. The van der Waals surface area contributed by atoms with Crippen LogP contribution in [0.3, 0.4) is 0 Å². The van der Waals surface area contributed by atoms with E-state index >= 15 is 0 Å². The third kappa shape index (κ3) is 2.43. The van der Waals surface area contributed by atoms with Gasteiger partial charge in [-0.05, 0) is 43.9 Å². The van der Waals surface area contributed by atoms with Gasteiger partial charge in [0.2, 0.25) is 0 Å². The van der Waals surface area contributed by atoms with E-state index in [4.69, 9.17) is 0 Å². The molecule has 1 aromatic rings. The molecule has 3 saturated carbocycles. The number of nitrogens with zero attached hydrogens (tertiary/aromatic N) is 2. The van der Waals surface area contributed by atoms with Crippen LogP contribution in [0.25, 0.3) is 0 Å². The van der Waals surface area contributed by atoms with Gasteiger partial charge in [-0.1, -0.05) is 0 Å². The summed E-state index contributed by atoms with van der Waals surface area (Å²) in [5.74, 6) is 0.378. The molecule has 4 rings (SSSR count). The summed E-state index contributed by atoms with van der Waals surface area (Å²) < 4.78 is 52.9. The minimum absolute atomic E-state index is 0.0634. The molecule has 3 nitrogen and oxygen atoms in total. The lowest BCUT2D eigenvalue weighted by Crippen LogP contribution is -2.47. The first-order valence-corrected chi connectivity index (χ1v) is 7.66. The second kappa shape index (κ2) is 5.22. The van der Waals surface area contributed by atoms with Crippen molar-refractivity contribution in [2.45, 2.75) is 56.7 Å². The van der Waals surface area contributed by atoms with E-state index < -0.39 is 24.0 Å². The summed E-state index contributed by atoms with van der Waals surface area (Å²) in [6.45, 7) is -0.668. The predicted molar refractivity (Wildman–Crippen MR) is 72.1 cm³/mol. The number of hydrogen-bond donors (Lipinski definition) is 1. The van der Waals surface area contributed by atoms with Gasteiger partial charge in [0.1, 0.15) is 12.5 Å². The Kier molecular flexibility index (Phi) is 3.74. The smallest absolute Gasteiger partial charge is 0.396 e. The van der Waals surface area contributed by atoms with Crippen LogP contribution < -0.4 is 0 Å². The molecular weight excluding hydrogens is 300 g/mol. The van der Waals surface area contributed by atoms with Crippen molar-refractivity contribution in [2.75, 3.05) is 13.3 Å². The third-order valence-electron chi connectivity index (χ3n) is 5.60. The zero-order valence-electron chi connectivity index (χ0n) is 12.3. The first kappa shape index (κ1) is 15.8. The van der Waals surface area contributed by atoms with Gasteiger partial charge in [-0.2, -0.15) is 13.2 Å². The van der Waals surface area contributed by atoms with Crippen LogP contribution in [0.5, 0.6) is 0 Å². The number of aryl methyl sites for hydroxylation is 1. The second-order valence-electron chi connectivity index (χ2n) is 6.77. The summed E-state index contributed by atoms with van der Waals surface area (Å²) in [6, 6.07) is 0. The fraction of sp³-hybridized carbons (Fsp3) is 0.800. The first-order chi connectivity index (χ1) is 10.3. The molecule has 0 spiro atoms. The topological polar surface area (TPSA) is 38.1 Å². The van der Waals surface area contributed by atoms with E-state index in [9.17, 15) is 22.7 Å². The van der Waals surface area contributed by atoms with Crippen LogP contribution in [-0.2, 0) is 18.1 Å². The zero-order valence-corrected chi connectivity index (χ0v) is 12.3. The minimum atomic E-state index is -4.51. The van der Waals surface area contributed by atoms with E-state index in [1.807, 2.05) is 0 Å². The Morgan fingerprint density at radius 1 is 1.14 bits per heavy atom. The van der Waals surface area contributed by atoms with Gasteiger partial charge in [0, 0.05) is 18.2 Å². The summed E-state index contributed by atoms with van der Waals surface area (Å²) in [7, 11) is 0. The van der Waals surface area contributed by atoms with E-state index in [2.05, 4.69) is 4.98 Å². The van der Waals surface area contributed by atoms with Gasteiger partial charge in [-0.25, -0.2) is 9.37 Å². The molecule has 3 aliphatic carbocycles. The summed E-state index contributed by atoms with van der Waals surface area (Å²) in [6.07, 6.45) is 0.974. The Bertz CT molecular complexity index is 528. The number of imidazole rings is 1. The van der Waals surface area contributed by atoms with Crippen molar-refractivity contribution in [3.8, 4) is 0 Å². The van der Waals surface area contributed by atoms with Crippen molar-refractivity contribution in [3.63, 3.8) is 0 Å². The normalized spacial score (nSPS) is 31.7. The van der Waals surface area contributed by atoms with Gasteiger partial charge >= 0.3 is 6.18 Å². The molecule has 0 saturated heterocycles. The lowest BCUT2D eigenvalue weighted by atomic mass is 9.53. The molecule has 2 bridgehead atoms. The summed E-state index contributed by atoms with van der Waals surface area (Å²) >= 11 is 0. The summed E-state index contributed by atoms with van der Waals surface area (Å²) in [5.41, 5.74) is -1.39. The first-order valence-electron chi connectivity index (χ1n) is 7.66. The van der Waals surface area contributed by atoms with Crippen molar-refractivity contribution in [3.05, 3.63) is 17.7 Å². The number of aromatic nitrogens is 2. The SMILES string of the molecule is OCC12CCC(c3nc(C(F)(F)F)cn3CCF)(CC1)CC2. The van der Waals surface area contributed by atoms with Crippen LogP contribution in [0.15, 0.2) is 6.20 Å². The van der Waals surface area contributed by atoms with Crippen molar-refractivity contribution < 1.29 is 22.7 Å². The molecule has 3 aliphatic rings. The molecular formula is C15H20F4N2O. The van der Waals surface area contributed by atoms with Crippen LogP contribution in [0.4, 0.5) is 17.6 Å². The summed E-state index contributed by atoms with van der Waals surface area (Å²) in [5, 5.41) is 9.55. The van der Waals surface area contributed by atoms with E-state index in [1.54, 1.807) is 0 Å². The number of aliphatic hydroxyl groups excluding tert-OH is 1. The van der Waals surface area contributed by atoms with E-state index in [-0.39, 0.29) is 18.6 Å². The Balaban J connectivity index is 1.96. The number of hydrogen-bond acceptors (Lipinski definition) is 2. The molecule has 0 amide bonds. The second-order valence-corrected chi connectivity index (χ2v) is 6.77. The molecule has 124 valence electrons. The van der Waals surface area contributed by atoms with Gasteiger partial charge in [0.25, 0.3) is 0 Å². The Morgan fingerprint density at radius 2 is 1.73 bits per heavy atom. The lowest BCUT2D eigenvalue weighted by molar-refractivity contribution is -0.141. The largest absolute Gasteiger partial charge is 0.434 e. The fourth-order valence-corrected chi connectivity index (χ4v) is 4.07. The van der Waals surface area contributed by atoms with Crippen LogP contribution in [-0.4, -0.2) is 27.9 Å². The number of fused-ring (bicyclic) bond motifs is 3. The fourth-order valence-electron chi connectivity index (χ4n) is 4.07. The number of alkyl halides is 4. The van der Waals surface area contributed by atoms with Gasteiger partial charge < -0.3 is 9.67 Å². The quantitative estimate of drug-likeness (QED) is 0.863. The minimum Gasteiger partial charge on any atom is -0.396 e. The molecule has 22 heavy (non-hydrogen) atoms. The third-order valence-corrected chi connectivity index (χ3v) is 5.60. The Labute approximate surface area is 126 Å². The molecule has 0 aliphatic heterocycles. The van der Waals surface area contributed by atoms with Crippen molar-refractivity contribution >= 4 is 0 Å². The molecule has 3 fully saturated rings. The van der Waals surface area contributed by atoms with Crippen molar-refractivity contribution in [2.24, 2.45) is 5.41 Å². The van der Waals surface area contributed by atoms with E-state index in [1.165, 1.54) is 4.57 Å². The van der Waals surface area contributed by atoms with E-state index in [0.717, 1.165) is 25.5 Å². The molecule has 1 aromatic heterocycles. The lowest BCUT2D eigenvalue weighted by Gasteiger charge is -2.52. The standard InChI is InChI=1S/C15H20F4N2O/c16-7-8-21-9-11(15(17,18)19)20-12(21)14-4-1-13(10-22,2-5-14)3-6-14/h9,22H,1-8,10H2. The van der Waals surface area contributed by atoms with Gasteiger partial charge in [0.15, 0.2) is 5.69 Å². The highest BCUT2D eigenvalue weighted by molar-refractivity contribution is 5.21. The molecule has 1 heterocycles. The molecule has 0 atom stereocenters. The number of halogens is 4. The highest BCUT2D eigenvalue weighted by atomic mass is 19.4. The Morgan fingerprint density at radius 3 is 2.18 bits per heavy atom. The van der Waals surface area contributed by atoms with Crippen LogP contribution in [0.2, 0.25) is 0 Å². The van der Waals surface area contributed by atoms with Crippen LogP contribution in [0.1, 0.15) is 50.0 Å². The van der Waals surface area contributed by atoms with Gasteiger partial charge in [0.05, 0.1) is 6.54 Å². The maximum absolute atomic E-state index is 12.9. The highest BCUT2D eigenvalue weighted by Gasteiger charge is 2.51. The van der Waals surface area contributed by atoms with Crippen molar-refractivity contribution in [1.82, 2.24) is 9.55 Å². The molecule has 1 N–H and O–H groups in total. The summed E-state index contributed by atoms with van der Waals surface area (Å²) in [4.78, 5) is 3.85. The molecule has 0 aromatic carbocycles. The Hall–Kier alpha value is -1.11. The van der Waals surface area contributed by atoms with Crippen LogP contribution >= 0.6 is 0 Å². The zero-order chi connectivity index (χ0) is 16.0. The maximum Gasteiger partial charge on any atom is 0.434 e. The highest BCUT2D eigenvalue weighted by Crippen LogP contribution is 2.57. The number of aliphatic hydroxyl groups is 1. The van der Waals surface area contributed by atoms with Gasteiger partial charge in [-0.3, -0.25) is 0 Å².